The molecule has 0 aromatic heterocycles. The third-order valence-electron chi connectivity index (χ3n) is 1.16. The second-order valence-electron chi connectivity index (χ2n) is 1.98. The monoisotopic (exact) mass is 176 g/mol. The van der Waals surface area contributed by atoms with Crippen LogP contribution in [0.3, 0.4) is 0 Å². The van der Waals surface area contributed by atoms with Crippen molar-refractivity contribution in [2.24, 2.45) is 11.5 Å². The lowest BCUT2D eigenvalue weighted by atomic mass is 10.2. The Kier molecular flexibility index (Phi) is 4.17. The Morgan fingerprint density at radius 2 is 2.09 bits per heavy atom. The van der Waals surface area contributed by atoms with E-state index >= 15 is 0 Å². The second kappa shape index (κ2) is 4.38. The van der Waals surface area contributed by atoms with Crippen LogP contribution in [0.15, 0.2) is 10.6 Å². The predicted molar refractivity (Wildman–Crippen MR) is 45.6 cm³/mol. The van der Waals surface area contributed by atoms with Crippen molar-refractivity contribution >= 4 is 17.5 Å². The van der Waals surface area contributed by atoms with Crippen molar-refractivity contribution in [1.29, 1.82) is 0 Å². The quantitative estimate of drug-likeness (QED) is 0.394. The molecular formula is C6H12N2O2S. The molecule has 0 rings (SSSR count). The molecule has 0 aliphatic rings. The summed E-state index contributed by atoms with van der Waals surface area (Å²) in [5.41, 5.74) is 10.6. The summed E-state index contributed by atoms with van der Waals surface area (Å²) in [6.45, 7) is 1.31. The Hall–Kier alpha value is -0.520. The lowest BCUT2D eigenvalue weighted by molar-refractivity contribution is -0.114. The second-order valence-corrected chi connectivity index (χ2v) is 2.83. The summed E-state index contributed by atoms with van der Waals surface area (Å²) in [6, 6.07) is 0. The van der Waals surface area contributed by atoms with E-state index in [2.05, 4.69) is 0 Å². The first-order valence-electron chi connectivity index (χ1n) is 2.99. The van der Waals surface area contributed by atoms with Gasteiger partial charge in [0, 0.05) is 0 Å². The molecular weight excluding hydrogens is 164 g/mol. The number of aliphatic hydroxyl groups is 1. The van der Waals surface area contributed by atoms with E-state index in [0.717, 1.165) is 0 Å². The third kappa shape index (κ3) is 2.92. The zero-order chi connectivity index (χ0) is 9.02. The Balaban J connectivity index is 4.73. The molecule has 5 N–H and O–H groups in total. The van der Waals surface area contributed by atoms with Crippen LogP contribution < -0.4 is 11.5 Å². The molecule has 4 nitrogen and oxygen atoms in total. The average Bonchev–Trinajstić information content (AvgIpc) is 1.85. The molecule has 0 aliphatic heterocycles. The first-order valence-corrected chi connectivity index (χ1v) is 4.21. The highest BCUT2D eigenvalue weighted by Crippen LogP contribution is 2.12. The van der Waals surface area contributed by atoms with Gasteiger partial charge < -0.3 is 16.6 Å². The Morgan fingerprint density at radius 1 is 1.64 bits per heavy atom. The SMILES string of the molecule is CS/C(N)=C(\C(C)=O)[C@@H](N)O. The van der Waals surface area contributed by atoms with Crippen LogP contribution in [0.5, 0.6) is 0 Å². The number of nitrogens with two attached hydrogens (primary N) is 2. The minimum atomic E-state index is -1.28. The Bertz CT molecular complexity index is 189. The van der Waals surface area contributed by atoms with E-state index in [0.29, 0.717) is 0 Å². The first-order chi connectivity index (χ1) is 5.00. The molecule has 1 atom stereocenters. The Labute approximate surface area is 69.6 Å². The van der Waals surface area contributed by atoms with Gasteiger partial charge in [-0.3, -0.25) is 4.79 Å². The van der Waals surface area contributed by atoms with E-state index in [1.165, 1.54) is 18.7 Å². The third-order valence-corrected chi connectivity index (χ3v) is 1.82. The van der Waals surface area contributed by atoms with Gasteiger partial charge in [-0.2, -0.15) is 0 Å². The number of hydrogen-bond donors (Lipinski definition) is 3. The number of aliphatic hydroxyl groups excluding tert-OH is 1. The summed E-state index contributed by atoms with van der Waals surface area (Å²) in [6.07, 6.45) is 0.431. The van der Waals surface area contributed by atoms with Gasteiger partial charge in [0.2, 0.25) is 0 Å². The first kappa shape index (κ1) is 10.5. The standard InChI is InChI=1S/C6H12N2O2S/c1-3(9)4(5(7)10)6(8)11-2/h5,10H,7-8H2,1-2H3/b6-4+/t5-/m0/s1. The molecule has 11 heavy (non-hydrogen) atoms. The normalized spacial score (nSPS) is 15.6. The minimum absolute atomic E-state index is 0.0810. The highest BCUT2D eigenvalue weighted by molar-refractivity contribution is 8.02. The van der Waals surface area contributed by atoms with Crippen LogP contribution in [0.4, 0.5) is 0 Å². The van der Waals surface area contributed by atoms with Crippen LogP contribution in [-0.2, 0) is 4.79 Å². The molecule has 0 bridgehead atoms. The maximum atomic E-state index is 10.8. The van der Waals surface area contributed by atoms with Crippen LogP contribution in [-0.4, -0.2) is 23.4 Å². The number of ketones is 1. The molecule has 0 amide bonds. The maximum Gasteiger partial charge on any atom is 0.162 e. The van der Waals surface area contributed by atoms with Gasteiger partial charge in [-0.1, -0.05) is 0 Å². The summed E-state index contributed by atoms with van der Waals surface area (Å²) in [5.74, 6) is -0.299. The number of carbonyl (C=O) groups is 1. The molecule has 5 heteroatoms. The highest BCUT2D eigenvalue weighted by Gasteiger charge is 2.14. The van der Waals surface area contributed by atoms with Gasteiger partial charge >= 0.3 is 0 Å². The fraction of sp³-hybridized carbons (Fsp3) is 0.500. The van der Waals surface area contributed by atoms with Crippen molar-refractivity contribution < 1.29 is 9.90 Å². The van der Waals surface area contributed by atoms with Gasteiger partial charge in [0.15, 0.2) is 5.78 Å². The van der Waals surface area contributed by atoms with Crippen molar-refractivity contribution in [3.8, 4) is 0 Å². The molecule has 0 aliphatic carbocycles. The number of hydrogen-bond acceptors (Lipinski definition) is 5. The fourth-order valence-corrected chi connectivity index (χ4v) is 1.12. The van der Waals surface area contributed by atoms with Gasteiger partial charge in [0.05, 0.1) is 10.6 Å². The maximum absolute atomic E-state index is 10.8. The molecule has 0 saturated heterocycles. The van der Waals surface area contributed by atoms with Crippen molar-refractivity contribution in [3.63, 3.8) is 0 Å². The zero-order valence-corrected chi connectivity index (χ0v) is 7.31. The molecule has 64 valence electrons. The number of carbonyl (C=O) groups excluding carboxylic acids is 1. The summed E-state index contributed by atoms with van der Waals surface area (Å²) < 4.78 is 0. The van der Waals surface area contributed by atoms with E-state index in [4.69, 9.17) is 16.6 Å². The van der Waals surface area contributed by atoms with Gasteiger partial charge in [-0.15, -0.1) is 11.8 Å². The smallest absolute Gasteiger partial charge is 0.162 e. The van der Waals surface area contributed by atoms with Crippen LogP contribution in [0.2, 0.25) is 0 Å². The van der Waals surface area contributed by atoms with Crippen molar-refractivity contribution in [2.75, 3.05) is 6.26 Å². The molecule has 0 spiro atoms. The largest absolute Gasteiger partial charge is 0.393 e. The van der Waals surface area contributed by atoms with Gasteiger partial charge in [0.1, 0.15) is 6.23 Å². The molecule has 0 aromatic carbocycles. The van der Waals surface area contributed by atoms with Crippen LogP contribution in [0.25, 0.3) is 0 Å². The lowest BCUT2D eigenvalue weighted by Gasteiger charge is -2.09. The molecule has 0 unspecified atom stereocenters. The van der Waals surface area contributed by atoms with E-state index in [1.807, 2.05) is 0 Å². The molecule has 0 saturated carbocycles. The predicted octanol–water partition coefficient (Wildman–Crippen LogP) is -0.614. The molecule has 0 aromatic rings. The van der Waals surface area contributed by atoms with Crippen molar-refractivity contribution in [2.45, 2.75) is 13.2 Å². The van der Waals surface area contributed by atoms with Crippen molar-refractivity contribution in [1.82, 2.24) is 0 Å². The van der Waals surface area contributed by atoms with Crippen LogP contribution >= 0.6 is 11.8 Å². The molecule has 0 radical (unpaired) electrons. The summed E-state index contributed by atoms with van der Waals surface area (Å²) in [4.78, 5) is 10.8. The highest BCUT2D eigenvalue weighted by atomic mass is 32.2. The average molecular weight is 176 g/mol. The molecule has 0 fully saturated rings. The van der Waals surface area contributed by atoms with Crippen LogP contribution in [0, 0.1) is 0 Å². The fourth-order valence-electron chi connectivity index (χ4n) is 0.637. The number of thioether (sulfide) groups is 1. The Morgan fingerprint density at radius 3 is 2.18 bits per heavy atom. The van der Waals surface area contributed by atoms with Gasteiger partial charge in [0.25, 0.3) is 0 Å². The summed E-state index contributed by atoms with van der Waals surface area (Å²) in [7, 11) is 0. The summed E-state index contributed by atoms with van der Waals surface area (Å²) >= 11 is 1.19. The topological polar surface area (TPSA) is 89.3 Å². The lowest BCUT2D eigenvalue weighted by Crippen LogP contribution is -2.28. The molecule has 0 heterocycles. The van der Waals surface area contributed by atoms with Crippen molar-refractivity contribution in [3.05, 3.63) is 10.6 Å². The van der Waals surface area contributed by atoms with E-state index in [9.17, 15) is 4.79 Å². The van der Waals surface area contributed by atoms with Crippen LogP contribution in [0.1, 0.15) is 6.92 Å². The van der Waals surface area contributed by atoms with Gasteiger partial charge in [-0.05, 0) is 13.2 Å². The van der Waals surface area contributed by atoms with E-state index in [-0.39, 0.29) is 16.4 Å². The zero-order valence-electron chi connectivity index (χ0n) is 6.50. The number of rotatable bonds is 3. The van der Waals surface area contributed by atoms with Gasteiger partial charge in [-0.25, -0.2) is 0 Å². The van der Waals surface area contributed by atoms with E-state index < -0.39 is 6.23 Å². The minimum Gasteiger partial charge on any atom is -0.393 e. The van der Waals surface area contributed by atoms with E-state index in [1.54, 1.807) is 6.26 Å². The summed E-state index contributed by atoms with van der Waals surface area (Å²) in [5, 5.41) is 9.16. The number of Topliss-reactive ketones (excluding diaryl/α,β-unsaturated/α-hetero) is 1.